The minimum atomic E-state index is -1.03. The molecule has 0 N–H and O–H groups in total. The molecule has 1 aromatic carbocycles. The molecular weight excluding hydrogens is 202 g/mol. The van der Waals surface area contributed by atoms with Gasteiger partial charge in [-0.2, -0.15) is 0 Å². The van der Waals surface area contributed by atoms with Crippen LogP contribution in [0.15, 0.2) is 18.2 Å². The molecular formula is C11H12F2O2. The van der Waals surface area contributed by atoms with Crippen molar-refractivity contribution in [2.24, 2.45) is 0 Å². The number of ether oxygens (including phenoxy) is 1. The van der Waals surface area contributed by atoms with Crippen LogP contribution in [0, 0.1) is 11.6 Å². The van der Waals surface area contributed by atoms with Crippen LogP contribution in [0.2, 0.25) is 0 Å². The zero-order chi connectivity index (χ0) is 11.6. The van der Waals surface area contributed by atoms with E-state index in [9.17, 15) is 13.6 Å². The number of halogens is 2. The summed E-state index contributed by atoms with van der Waals surface area (Å²) in [5, 5.41) is 0. The van der Waals surface area contributed by atoms with Gasteiger partial charge < -0.3 is 4.74 Å². The Kier molecular flexibility index (Phi) is 3.07. The third-order valence-electron chi connectivity index (χ3n) is 1.96. The molecule has 0 aliphatic heterocycles. The van der Waals surface area contributed by atoms with Crippen LogP contribution < -0.4 is 0 Å². The van der Waals surface area contributed by atoms with Gasteiger partial charge in [-0.25, -0.2) is 8.78 Å². The maximum Gasteiger partial charge on any atom is 0.303 e. The van der Waals surface area contributed by atoms with Gasteiger partial charge in [-0.1, -0.05) is 0 Å². The Morgan fingerprint density at radius 3 is 2.07 bits per heavy atom. The second-order valence-electron chi connectivity index (χ2n) is 3.76. The summed E-state index contributed by atoms with van der Waals surface area (Å²) in [7, 11) is 0. The van der Waals surface area contributed by atoms with E-state index in [0.29, 0.717) is 0 Å². The predicted molar refractivity (Wildman–Crippen MR) is 51.2 cm³/mol. The van der Waals surface area contributed by atoms with E-state index < -0.39 is 23.2 Å². The summed E-state index contributed by atoms with van der Waals surface area (Å²) in [6, 6.07) is 3.06. The highest BCUT2D eigenvalue weighted by Crippen LogP contribution is 2.26. The van der Waals surface area contributed by atoms with E-state index in [1.165, 1.54) is 6.92 Å². The second kappa shape index (κ2) is 3.96. The molecule has 1 aromatic rings. The van der Waals surface area contributed by atoms with Crippen LogP contribution in [-0.2, 0) is 15.1 Å². The molecule has 0 unspecified atom stereocenters. The molecule has 0 heterocycles. The molecule has 0 atom stereocenters. The lowest BCUT2D eigenvalue weighted by Crippen LogP contribution is -2.24. The first-order valence-corrected chi connectivity index (χ1v) is 4.47. The van der Waals surface area contributed by atoms with Gasteiger partial charge in [0.05, 0.1) is 0 Å². The first-order chi connectivity index (χ1) is 6.81. The third-order valence-corrected chi connectivity index (χ3v) is 1.96. The summed E-state index contributed by atoms with van der Waals surface area (Å²) in [5.74, 6) is -1.87. The van der Waals surface area contributed by atoms with Crippen LogP contribution in [0.25, 0.3) is 0 Å². The summed E-state index contributed by atoms with van der Waals surface area (Å²) in [4.78, 5) is 10.8. The van der Waals surface area contributed by atoms with Crippen LogP contribution >= 0.6 is 0 Å². The Balaban J connectivity index is 3.08. The highest BCUT2D eigenvalue weighted by molar-refractivity contribution is 5.66. The van der Waals surface area contributed by atoms with Crippen molar-refractivity contribution in [1.29, 1.82) is 0 Å². The van der Waals surface area contributed by atoms with E-state index in [0.717, 1.165) is 18.2 Å². The number of rotatable bonds is 2. The van der Waals surface area contributed by atoms with Crippen molar-refractivity contribution in [3.63, 3.8) is 0 Å². The van der Waals surface area contributed by atoms with Gasteiger partial charge >= 0.3 is 5.97 Å². The van der Waals surface area contributed by atoms with Crippen molar-refractivity contribution in [3.8, 4) is 0 Å². The van der Waals surface area contributed by atoms with Crippen molar-refractivity contribution in [2.45, 2.75) is 26.4 Å². The van der Waals surface area contributed by atoms with E-state index in [4.69, 9.17) is 4.74 Å². The number of carbonyl (C=O) groups excluding carboxylic acids is 1. The van der Waals surface area contributed by atoms with Gasteiger partial charge in [0.1, 0.15) is 17.2 Å². The van der Waals surface area contributed by atoms with E-state index >= 15 is 0 Å². The lowest BCUT2D eigenvalue weighted by molar-refractivity contribution is -0.154. The summed E-state index contributed by atoms with van der Waals surface area (Å²) in [6.07, 6.45) is 0. The van der Waals surface area contributed by atoms with E-state index in [2.05, 4.69) is 0 Å². The van der Waals surface area contributed by atoms with E-state index in [-0.39, 0.29) is 5.56 Å². The molecule has 0 saturated carbocycles. The SMILES string of the molecule is CC(=O)OC(C)(C)c1cc(F)cc(F)c1. The van der Waals surface area contributed by atoms with Gasteiger partial charge in [0.15, 0.2) is 0 Å². The summed E-state index contributed by atoms with van der Waals surface area (Å²) in [5.41, 5.74) is -0.746. The van der Waals surface area contributed by atoms with Crippen LogP contribution in [0.4, 0.5) is 8.78 Å². The molecule has 0 bridgehead atoms. The zero-order valence-electron chi connectivity index (χ0n) is 8.80. The topological polar surface area (TPSA) is 26.3 Å². The molecule has 0 aliphatic carbocycles. The Morgan fingerprint density at radius 1 is 1.20 bits per heavy atom. The number of hydrogen-bond donors (Lipinski definition) is 0. The zero-order valence-corrected chi connectivity index (χ0v) is 8.80. The molecule has 1 rings (SSSR count). The molecule has 15 heavy (non-hydrogen) atoms. The minimum absolute atomic E-state index is 0.287. The minimum Gasteiger partial charge on any atom is -0.455 e. The average Bonchev–Trinajstić information content (AvgIpc) is 1.99. The van der Waals surface area contributed by atoms with Crippen molar-refractivity contribution >= 4 is 5.97 Å². The normalized spacial score (nSPS) is 11.3. The maximum absolute atomic E-state index is 12.9. The lowest BCUT2D eigenvalue weighted by Gasteiger charge is -2.24. The fraction of sp³-hybridized carbons (Fsp3) is 0.364. The smallest absolute Gasteiger partial charge is 0.303 e. The maximum atomic E-state index is 12.9. The number of hydrogen-bond acceptors (Lipinski definition) is 2. The average molecular weight is 214 g/mol. The van der Waals surface area contributed by atoms with Gasteiger partial charge in [0, 0.05) is 18.6 Å². The molecule has 0 fully saturated rings. The van der Waals surface area contributed by atoms with Gasteiger partial charge in [0.25, 0.3) is 0 Å². The highest BCUT2D eigenvalue weighted by atomic mass is 19.1. The first kappa shape index (κ1) is 11.6. The number of esters is 1. The molecule has 0 spiro atoms. The third kappa shape index (κ3) is 3.01. The summed E-state index contributed by atoms with van der Waals surface area (Å²) < 4.78 is 30.8. The monoisotopic (exact) mass is 214 g/mol. The van der Waals surface area contributed by atoms with Gasteiger partial charge in [0.2, 0.25) is 0 Å². The van der Waals surface area contributed by atoms with Gasteiger partial charge in [-0.15, -0.1) is 0 Å². The van der Waals surface area contributed by atoms with E-state index in [1.807, 2.05) is 0 Å². The number of benzene rings is 1. The summed E-state index contributed by atoms with van der Waals surface area (Å²) in [6.45, 7) is 4.39. The standard InChI is InChI=1S/C11H12F2O2/c1-7(14)15-11(2,3)8-4-9(12)6-10(13)5-8/h4-6H,1-3H3. The van der Waals surface area contributed by atoms with Crippen molar-refractivity contribution in [2.75, 3.05) is 0 Å². The van der Waals surface area contributed by atoms with Gasteiger partial charge in [-0.05, 0) is 26.0 Å². The van der Waals surface area contributed by atoms with Gasteiger partial charge in [-0.3, -0.25) is 4.79 Å². The van der Waals surface area contributed by atoms with Crippen LogP contribution in [0.3, 0.4) is 0 Å². The molecule has 0 aromatic heterocycles. The highest BCUT2D eigenvalue weighted by Gasteiger charge is 2.25. The van der Waals surface area contributed by atoms with Crippen LogP contribution in [0.5, 0.6) is 0 Å². The Morgan fingerprint density at radius 2 is 1.67 bits per heavy atom. The fourth-order valence-electron chi connectivity index (χ4n) is 1.32. The summed E-state index contributed by atoms with van der Waals surface area (Å²) >= 11 is 0. The van der Waals surface area contributed by atoms with Crippen molar-refractivity contribution < 1.29 is 18.3 Å². The molecule has 0 radical (unpaired) electrons. The molecule has 0 saturated heterocycles. The molecule has 0 amide bonds. The predicted octanol–water partition coefficient (Wildman–Crippen LogP) is 2.76. The molecule has 4 heteroatoms. The lowest BCUT2D eigenvalue weighted by atomic mass is 9.98. The molecule has 2 nitrogen and oxygen atoms in total. The quantitative estimate of drug-likeness (QED) is 0.707. The Bertz CT molecular complexity index is 366. The molecule has 0 aliphatic rings. The molecule has 82 valence electrons. The first-order valence-electron chi connectivity index (χ1n) is 4.47. The van der Waals surface area contributed by atoms with Crippen LogP contribution in [0.1, 0.15) is 26.3 Å². The van der Waals surface area contributed by atoms with Crippen LogP contribution in [-0.4, -0.2) is 5.97 Å². The fourth-order valence-corrected chi connectivity index (χ4v) is 1.32. The largest absolute Gasteiger partial charge is 0.455 e. The Labute approximate surface area is 86.9 Å². The van der Waals surface area contributed by atoms with Crippen molar-refractivity contribution in [1.82, 2.24) is 0 Å². The number of carbonyl (C=O) groups is 1. The van der Waals surface area contributed by atoms with Crippen molar-refractivity contribution in [3.05, 3.63) is 35.4 Å². The van der Waals surface area contributed by atoms with E-state index in [1.54, 1.807) is 13.8 Å². The second-order valence-corrected chi connectivity index (χ2v) is 3.76. The Hall–Kier alpha value is -1.45.